The minimum atomic E-state index is -0.00449. The molecule has 1 N–H and O–H groups in total. The lowest BCUT2D eigenvalue weighted by Gasteiger charge is -2.27. The molecule has 2 amide bonds. The molecule has 1 saturated heterocycles. The summed E-state index contributed by atoms with van der Waals surface area (Å²) in [6, 6.07) is -0.00449. The smallest absolute Gasteiger partial charge is 0.317 e. The van der Waals surface area contributed by atoms with E-state index in [-0.39, 0.29) is 6.03 Å². The summed E-state index contributed by atoms with van der Waals surface area (Å²) in [5, 5.41) is 2.95. The van der Waals surface area contributed by atoms with Crippen molar-refractivity contribution in [2.75, 3.05) is 32.8 Å². The van der Waals surface area contributed by atoms with E-state index in [1.807, 2.05) is 6.33 Å². The van der Waals surface area contributed by atoms with Gasteiger partial charge in [-0.15, -0.1) is 0 Å². The van der Waals surface area contributed by atoms with Gasteiger partial charge < -0.3 is 19.5 Å². The summed E-state index contributed by atoms with van der Waals surface area (Å²) >= 11 is 0. The van der Waals surface area contributed by atoms with E-state index < -0.39 is 0 Å². The third-order valence-corrected chi connectivity index (χ3v) is 3.61. The van der Waals surface area contributed by atoms with Gasteiger partial charge in [0, 0.05) is 31.9 Å². The van der Waals surface area contributed by atoms with Gasteiger partial charge in [0.1, 0.15) is 0 Å². The maximum Gasteiger partial charge on any atom is 0.317 e. The molecule has 1 aliphatic heterocycles. The lowest BCUT2D eigenvalue weighted by molar-refractivity contribution is 0.0532. The number of hydrogen-bond acceptors (Lipinski definition) is 3. The largest absolute Gasteiger partial charge is 0.378 e. The monoisotopic (exact) mass is 280 g/mol. The molecule has 0 saturated carbocycles. The summed E-state index contributed by atoms with van der Waals surface area (Å²) in [5.41, 5.74) is 2.31. The Morgan fingerprint density at radius 2 is 2.15 bits per heavy atom. The summed E-state index contributed by atoms with van der Waals surface area (Å²) in [6.45, 7) is 10.3. The van der Waals surface area contributed by atoms with Crippen LogP contribution in [0.15, 0.2) is 6.33 Å². The molecule has 0 bridgehead atoms. The Morgan fingerprint density at radius 1 is 1.45 bits per heavy atom. The summed E-state index contributed by atoms with van der Waals surface area (Å²) in [5.74, 6) is 0.430. The molecule has 1 aromatic rings. The maximum absolute atomic E-state index is 11.9. The summed E-state index contributed by atoms with van der Waals surface area (Å²) in [4.78, 5) is 18.1. The van der Waals surface area contributed by atoms with Crippen molar-refractivity contribution in [1.29, 1.82) is 0 Å². The second kappa shape index (κ2) is 6.74. The predicted octanol–water partition coefficient (Wildman–Crippen LogP) is 1.36. The van der Waals surface area contributed by atoms with Gasteiger partial charge >= 0.3 is 6.03 Å². The number of ether oxygens (including phenoxy) is 1. The first-order valence-electron chi connectivity index (χ1n) is 7.21. The zero-order chi connectivity index (χ0) is 14.5. The van der Waals surface area contributed by atoms with Gasteiger partial charge in [0.05, 0.1) is 25.2 Å². The normalized spacial score (nSPS) is 15.7. The average Bonchev–Trinajstić information content (AvgIpc) is 2.81. The molecule has 1 aromatic heterocycles. The van der Waals surface area contributed by atoms with E-state index in [0.29, 0.717) is 38.8 Å². The van der Waals surface area contributed by atoms with Crippen LogP contribution >= 0.6 is 0 Å². The molecule has 6 heteroatoms. The lowest BCUT2D eigenvalue weighted by Crippen LogP contribution is -2.46. The van der Waals surface area contributed by atoms with Gasteiger partial charge in [-0.3, -0.25) is 0 Å². The lowest BCUT2D eigenvalue weighted by atomic mass is 10.1. The fraction of sp³-hybridized carbons (Fsp3) is 0.714. The minimum Gasteiger partial charge on any atom is -0.378 e. The molecule has 0 spiro atoms. The molecule has 1 fully saturated rings. The third-order valence-electron chi connectivity index (χ3n) is 3.61. The second-order valence-corrected chi connectivity index (χ2v) is 5.39. The molecule has 2 heterocycles. The van der Waals surface area contributed by atoms with Crippen LogP contribution in [0.1, 0.15) is 31.2 Å². The standard InChI is InChI=1S/C14H24N4O2/c1-11(2)13-12(3)18(10-16-13)5-4-15-14(19)17-6-8-20-9-7-17/h10-11H,4-9H2,1-3H3,(H,15,19). The zero-order valence-corrected chi connectivity index (χ0v) is 12.6. The number of imidazole rings is 1. The molecule has 0 aliphatic carbocycles. The zero-order valence-electron chi connectivity index (χ0n) is 12.6. The molecule has 0 aromatic carbocycles. The van der Waals surface area contributed by atoms with E-state index in [4.69, 9.17) is 4.74 Å². The molecule has 2 rings (SSSR count). The van der Waals surface area contributed by atoms with Gasteiger partial charge in [-0.1, -0.05) is 13.8 Å². The first-order valence-corrected chi connectivity index (χ1v) is 7.21. The maximum atomic E-state index is 11.9. The molecule has 0 radical (unpaired) electrons. The van der Waals surface area contributed by atoms with E-state index >= 15 is 0 Å². The van der Waals surface area contributed by atoms with Gasteiger partial charge in [0.2, 0.25) is 0 Å². The van der Waals surface area contributed by atoms with Gasteiger partial charge in [-0.2, -0.15) is 0 Å². The number of morpholine rings is 1. The molecular formula is C14H24N4O2. The van der Waals surface area contributed by atoms with Crippen LogP contribution in [0.5, 0.6) is 0 Å². The Bertz CT molecular complexity index is 450. The van der Waals surface area contributed by atoms with Crippen molar-refractivity contribution in [1.82, 2.24) is 19.8 Å². The van der Waals surface area contributed by atoms with E-state index in [1.165, 1.54) is 5.69 Å². The van der Waals surface area contributed by atoms with Crippen LogP contribution in [-0.2, 0) is 11.3 Å². The van der Waals surface area contributed by atoms with Gasteiger partial charge in [-0.25, -0.2) is 9.78 Å². The highest BCUT2D eigenvalue weighted by molar-refractivity contribution is 5.74. The van der Waals surface area contributed by atoms with Crippen LogP contribution in [0.25, 0.3) is 0 Å². The summed E-state index contributed by atoms with van der Waals surface area (Å²) < 4.78 is 7.32. The number of hydrogen-bond donors (Lipinski definition) is 1. The number of aromatic nitrogens is 2. The van der Waals surface area contributed by atoms with Crippen LogP contribution in [0.3, 0.4) is 0 Å². The molecule has 112 valence electrons. The highest BCUT2D eigenvalue weighted by Gasteiger charge is 2.16. The van der Waals surface area contributed by atoms with Crippen LogP contribution in [0, 0.1) is 6.92 Å². The number of carbonyl (C=O) groups excluding carboxylic acids is 1. The SMILES string of the molecule is Cc1c(C(C)C)ncn1CCNC(=O)N1CCOCC1. The Labute approximate surface area is 120 Å². The summed E-state index contributed by atoms with van der Waals surface area (Å²) in [6.07, 6.45) is 1.85. The molecular weight excluding hydrogens is 256 g/mol. The van der Waals surface area contributed by atoms with Crippen molar-refractivity contribution in [3.8, 4) is 0 Å². The van der Waals surface area contributed by atoms with Gasteiger partial charge in [-0.05, 0) is 12.8 Å². The second-order valence-electron chi connectivity index (χ2n) is 5.39. The van der Waals surface area contributed by atoms with Gasteiger partial charge in [0.15, 0.2) is 0 Å². The summed E-state index contributed by atoms with van der Waals surface area (Å²) in [7, 11) is 0. The van der Waals surface area contributed by atoms with E-state index in [0.717, 1.165) is 12.2 Å². The van der Waals surface area contributed by atoms with Crippen molar-refractivity contribution in [2.24, 2.45) is 0 Å². The predicted molar refractivity (Wildman–Crippen MR) is 76.8 cm³/mol. The number of carbonyl (C=O) groups is 1. The Hall–Kier alpha value is -1.56. The van der Waals surface area contributed by atoms with Crippen LogP contribution < -0.4 is 5.32 Å². The highest BCUT2D eigenvalue weighted by Crippen LogP contribution is 2.16. The number of urea groups is 1. The Kier molecular flexibility index (Phi) is 5.00. The number of amides is 2. The third kappa shape index (κ3) is 3.50. The van der Waals surface area contributed by atoms with Crippen LogP contribution in [-0.4, -0.2) is 53.3 Å². The van der Waals surface area contributed by atoms with E-state index in [9.17, 15) is 4.79 Å². The minimum absolute atomic E-state index is 0.00449. The molecule has 0 unspecified atom stereocenters. The van der Waals surface area contributed by atoms with Crippen LogP contribution in [0.4, 0.5) is 4.79 Å². The molecule has 1 aliphatic rings. The Balaban J connectivity index is 1.79. The number of nitrogens with zero attached hydrogens (tertiary/aromatic N) is 3. The van der Waals surface area contributed by atoms with E-state index in [1.54, 1.807) is 4.90 Å². The van der Waals surface area contributed by atoms with E-state index in [2.05, 4.69) is 35.6 Å². The fourth-order valence-corrected chi connectivity index (χ4v) is 2.41. The highest BCUT2D eigenvalue weighted by atomic mass is 16.5. The molecule has 0 atom stereocenters. The van der Waals surface area contributed by atoms with Gasteiger partial charge in [0.25, 0.3) is 0 Å². The number of nitrogens with one attached hydrogen (secondary N) is 1. The van der Waals surface area contributed by atoms with Crippen molar-refractivity contribution < 1.29 is 9.53 Å². The number of rotatable bonds is 4. The molecule has 20 heavy (non-hydrogen) atoms. The van der Waals surface area contributed by atoms with Crippen molar-refractivity contribution in [3.63, 3.8) is 0 Å². The Morgan fingerprint density at radius 3 is 2.75 bits per heavy atom. The topological polar surface area (TPSA) is 59.4 Å². The first kappa shape index (κ1) is 14.8. The van der Waals surface area contributed by atoms with Crippen molar-refractivity contribution in [3.05, 3.63) is 17.7 Å². The van der Waals surface area contributed by atoms with Crippen molar-refractivity contribution in [2.45, 2.75) is 33.2 Å². The average molecular weight is 280 g/mol. The van der Waals surface area contributed by atoms with Crippen molar-refractivity contribution >= 4 is 6.03 Å². The first-order chi connectivity index (χ1) is 9.59. The quantitative estimate of drug-likeness (QED) is 0.906. The molecule has 6 nitrogen and oxygen atoms in total. The van der Waals surface area contributed by atoms with Crippen LogP contribution in [0.2, 0.25) is 0 Å². The fourth-order valence-electron chi connectivity index (χ4n) is 2.41.